The average molecular weight is 251 g/mol. The molecule has 0 aliphatic carbocycles. The second-order valence-corrected chi connectivity index (χ2v) is 5.33. The van der Waals surface area contributed by atoms with Crippen LogP contribution in [0.3, 0.4) is 0 Å². The molecule has 18 heavy (non-hydrogen) atoms. The minimum atomic E-state index is -0.536. The molecule has 0 spiro atoms. The van der Waals surface area contributed by atoms with Crippen LogP contribution >= 0.6 is 0 Å². The maximum absolute atomic E-state index is 10.4. The van der Waals surface area contributed by atoms with Crippen molar-refractivity contribution in [2.45, 2.75) is 39.9 Å². The third-order valence-electron chi connectivity index (χ3n) is 3.11. The Morgan fingerprint density at radius 3 is 2.39 bits per heavy atom. The van der Waals surface area contributed by atoms with Crippen LogP contribution in [0.1, 0.15) is 39.4 Å². The molecule has 0 heterocycles. The number of hydrogen-bond donors (Lipinski definition) is 2. The second kappa shape index (κ2) is 6.76. The van der Waals surface area contributed by atoms with Crippen molar-refractivity contribution in [3.63, 3.8) is 0 Å². The molecule has 3 nitrogen and oxygen atoms in total. The molecule has 102 valence electrons. The SMILES string of the molecule is CC(C)Oc1cccc(C(O)C(CN)C(C)C)c1. The lowest BCUT2D eigenvalue weighted by molar-refractivity contribution is 0.0857. The maximum atomic E-state index is 10.4. The van der Waals surface area contributed by atoms with Gasteiger partial charge in [0.15, 0.2) is 0 Å². The summed E-state index contributed by atoms with van der Waals surface area (Å²) in [5, 5.41) is 10.4. The van der Waals surface area contributed by atoms with Gasteiger partial charge in [0.1, 0.15) is 5.75 Å². The van der Waals surface area contributed by atoms with Gasteiger partial charge < -0.3 is 15.6 Å². The number of aliphatic hydroxyl groups is 1. The summed E-state index contributed by atoms with van der Waals surface area (Å²) in [6.07, 6.45) is -0.404. The molecule has 0 aliphatic rings. The highest BCUT2D eigenvalue weighted by Gasteiger charge is 2.23. The summed E-state index contributed by atoms with van der Waals surface area (Å²) in [5.41, 5.74) is 6.61. The number of rotatable bonds is 6. The van der Waals surface area contributed by atoms with Crippen LogP contribution in [0, 0.1) is 11.8 Å². The fourth-order valence-corrected chi connectivity index (χ4v) is 2.06. The van der Waals surface area contributed by atoms with Crippen LogP contribution in [0.5, 0.6) is 5.75 Å². The van der Waals surface area contributed by atoms with Gasteiger partial charge in [-0.15, -0.1) is 0 Å². The number of benzene rings is 1. The molecule has 0 aromatic heterocycles. The molecule has 2 atom stereocenters. The van der Waals surface area contributed by atoms with Crippen LogP contribution in [-0.4, -0.2) is 17.8 Å². The molecule has 1 aromatic rings. The molecular weight excluding hydrogens is 226 g/mol. The molecule has 1 rings (SSSR count). The van der Waals surface area contributed by atoms with Crippen LogP contribution in [0.25, 0.3) is 0 Å². The van der Waals surface area contributed by atoms with Gasteiger partial charge in [0, 0.05) is 5.92 Å². The quantitative estimate of drug-likeness (QED) is 0.817. The minimum Gasteiger partial charge on any atom is -0.491 e. The first-order valence-electron chi connectivity index (χ1n) is 6.60. The van der Waals surface area contributed by atoms with Crippen molar-refractivity contribution in [2.75, 3.05) is 6.54 Å². The summed E-state index contributed by atoms with van der Waals surface area (Å²) in [6, 6.07) is 7.63. The van der Waals surface area contributed by atoms with E-state index < -0.39 is 6.10 Å². The van der Waals surface area contributed by atoms with Crippen LogP contribution in [0.2, 0.25) is 0 Å². The van der Waals surface area contributed by atoms with Crippen molar-refractivity contribution < 1.29 is 9.84 Å². The summed E-state index contributed by atoms with van der Waals surface area (Å²) in [5.74, 6) is 1.21. The van der Waals surface area contributed by atoms with Crippen LogP contribution < -0.4 is 10.5 Å². The zero-order valence-corrected chi connectivity index (χ0v) is 11.8. The molecule has 1 aromatic carbocycles. The van der Waals surface area contributed by atoms with Gasteiger partial charge in [0.25, 0.3) is 0 Å². The molecular formula is C15H25NO2. The van der Waals surface area contributed by atoms with Gasteiger partial charge in [-0.2, -0.15) is 0 Å². The zero-order chi connectivity index (χ0) is 13.7. The Morgan fingerprint density at radius 2 is 1.89 bits per heavy atom. The van der Waals surface area contributed by atoms with E-state index in [0.717, 1.165) is 11.3 Å². The van der Waals surface area contributed by atoms with E-state index in [1.54, 1.807) is 0 Å². The molecule has 3 N–H and O–H groups in total. The fourth-order valence-electron chi connectivity index (χ4n) is 2.06. The summed E-state index contributed by atoms with van der Waals surface area (Å²) >= 11 is 0. The predicted octanol–water partition coefficient (Wildman–Crippen LogP) is 2.74. The van der Waals surface area contributed by atoms with E-state index in [1.165, 1.54) is 0 Å². The molecule has 3 heteroatoms. The van der Waals surface area contributed by atoms with Gasteiger partial charge in [-0.3, -0.25) is 0 Å². The zero-order valence-electron chi connectivity index (χ0n) is 11.8. The van der Waals surface area contributed by atoms with Crippen molar-refractivity contribution >= 4 is 0 Å². The van der Waals surface area contributed by atoms with Gasteiger partial charge in [-0.1, -0.05) is 26.0 Å². The van der Waals surface area contributed by atoms with Crippen LogP contribution in [0.4, 0.5) is 0 Å². The molecule has 0 fully saturated rings. The first kappa shape index (κ1) is 15.0. The molecule has 0 radical (unpaired) electrons. The highest BCUT2D eigenvalue weighted by atomic mass is 16.5. The monoisotopic (exact) mass is 251 g/mol. The maximum Gasteiger partial charge on any atom is 0.120 e. The van der Waals surface area contributed by atoms with Gasteiger partial charge in [-0.25, -0.2) is 0 Å². The largest absolute Gasteiger partial charge is 0.491 e. The third-order valence-corrected chi connectivity index (χ3v) is 3.11. The highest BCUT2D eigenvalue weighted by Crippen LogP contribution is 2.29. The highest BCUT2D eigenvalue weighted by molar-refractivity contribution is 5.30. The average Bonchev–Trinajstić information content (AvgIpc) is 2.28. The Kier molecular flexibility index (Phi) is 5.63. The molecule has 0 amide bonds. The van der Waals surface area contributed by atoms with Crippen molar-refractivity contribution in [2.24, 2.45) is 17.6 Å². The first-order chi connectivity index (χ1) is 8.45. The second-order valence-electron chi connectivity index (χ2n) is 5.33. The Hall–Kier alpha value is -1.06. The fraction of sp³-hybridized carbons (Fsp3) is 0.600. The standard InChI is InChI=1S/C15H25NO2/c1-10(2)14(9-16)15(17)12-6-5-7-13(8-12)18-11(3)4/h5-8,10-11,14-15,17H,9,16H2,1-4H3. The Balaban J connectivity index is 2.88. The van der Waals surface area contributed by atoms with Crippen molar-refractivity contribution in [3.8, 4) is 5.75 Å². The molecule has 0 aliphatic heterocycles. The van der Waals surface area contributed by atoms with E-state index in [1.807, 2.05) is 38.1 Å². The summed E-state index contributed by atoms with van der Waals surface area (Å²) in [4.78, 5) is 0. The number of nitrogens with two attached hydrogens (primary N) is 1. The Morgan fingerprint density at radius 1 is 1.22 bits per heavy atom. The van der Waals surface area contributed by atoms with Gasteiger partial charge in [0.2, 0.25) is 0 Å². The topological polar surface area (TPSA) is 55.5 Å². The summed E-state index contributed by atoms with van der Waals surface area (Å²) in [7, 11) is 0. The Labute approximate surface area is 110 Å². The molecule has 2 unspecified atom stereocenters. The van der Waals surface area contributed by atoms with E-state index in [-0.39, 0.29) is 12.0 Å². The van der Waals surface area contributed by atoms with E-state index >= 15 is 0 Å². The normalized spacial score (nSPS) is 14.9. The third kappa shape index (κ3) is 4.00. The van der Waals surface area contributed by atoms with Gasteiger partial charge in [-0.05, 0) is 44.0 Å². The van der Waals surface area contributed by atoms with E-state index in [2.05, 4.69) is 13.8 Å². The van der Waals surface area contributed by atoms with E-state index in [0.29, 0.717) is 12.5 Å². The van der Waals surface area contributed by atoms with Gasteiger partial charge in [0.05, 0.1) is 12.2 Å². The summed E-state index contributed by atoms with van der Waals surface area (Å²) in [6.45, 7) is 8.61. The Bertz CT molecular complexity index is 363. The lowest BCUT2D eigenvalue weighted by Gasteiger charge is -2.25. The van der Waals surface area contributed by atoms with Crippen molar-refractivity contribution in [1.29, 1.82) is 0 Å². The van der Waals surface area contributed by atoms with Crippen molar-refractivity contribution in [1.82, 2.24) is 0 Å². The van der Waals surface area contributed by atoms with Crippen LogP contribution in [0.15, 0.2) is 24.3 Å². The smallest absolute Gasteiger partial charge is 0.120 e. The number of hydrogen-bond acceptors (Lipinski definition) is 3. The molecule has 0 saturated carbocycles. The number of ether oxygens (including phenoxy) is 1. The molecule has 0 saturated heterocycles. The van der Waals surface area contributed by atoms with E-state index in [4.69, 9.17) is 10.5 Å². The van der Waals surface area contributed by atoms with Gasteiger partial charge >= 0.3 is 0 Å². The predicted molar refractivity (Wildman–Crippen MR) is 74.5 cm³/mol. The van der Waals surface area contributed by atoms with E-state index in [9.17, 15) is 5.11 Å². The minimum absolute atomic E-state index is 0.0688. The first-order valence-corrected chi connectivity index (χ1v) is 6.60. The lowest BCUT2D eigenvalue weighted by Crippen LogP contribution is -2.26. The van der Waals surface area contributed by atoms with Crippen LogP contribution in [-0.2, 0) is 0 Å². The number of aliphatic hydroxyl groups excluding tert-OH is 1. The molecule has 0 bridgehead atoms. The van der Waals surface area contributed by atoms with Crippen molar-refractivity contribution in [3.05, 3.63) is 29.8 Å². The lowest BCUT2D eigenvalue weighted by atomic mass is 9.86. The summed E-state index contributed by atoms with van der Waals surface area (Å²) < 4.78 is 5.64.